The van der Waals surface area contributed by atoms with Gasteiger partial charge in [0.15, 0.2) is 0 Å². The number of benzene rings is 1. The van der Waals surface area contributed by atoms with Crippen LogP contribution in [0.1, 0.15) is 5.56 Å². The summed E-state index contributed by atoms with van der Waals surface area (Å²) >= 11 is 0. The summed E-state index contributed by atoms with van der Waals surface area (Å²) in [5.74, 6) is -0.190. The van der Waals surface area contributed by atoms with Crippen LogP contribution in [0, 0.1) is 12.2 Å². The van der Waals surface area contributed by atoms with Gasteiger partial charge in [0.1, 0.15) is 5.82 Å². The smallest absolute Gasteiger partial charge is 0.123 e. The molecule has 0 amide bonds. The van der Waals surface area contributed by atoms with Crippen LogP contribution < -0.4 is 0 Å². The van der Waals surface area contributed by atoms with Crippen LogP contribution in [0.4, 0.5) is 4.39 Å². The van der Waals surface area contributed by atoms with Crippen LogP contribution in [0.3, 0.4) is 0 Å². The highest BCUT2D eigenvalue weighted by atomic mass is 19.1. The van der Waals surface area contributed by atoms with Crippen molar-refractivity contribution in [1.82, 2.24) is 0 Å². The topological polar surface area (TPSA) is 0 Å². The van der Waals surface area contributed by atoms with E-state index in [0.717, 1.165) is 11.1 Å². The van der Waals surface area contributed by atoms with E-state index in [1.807, 2.05) is 24.6 Å². The lowest BCUT2D eigenvalue weighted by Crippen LogP contribution is -1.81. The van der Waals surface area contributed by atoms with Gasteiger partial charge in [0, 0.05) is 6.42 Å². The summed E-state index contributed by atoms with van der Waals surface area (Å²) in [6, 6.07) is 6.51. The first-order chi connectivity index (χ1) is 5.86. The molecular weight excluding hydrogens is 151 g/mol. The Morgan fingerprint density at radius 1 is 0.917 bits per heavy atom. The molecule has 1 aromatic carbocycles. The average molecular weight is 159 g/mol. The van der Waals surface area contributed by atoms with Crippen LogP contribution in [0.2, 0.25) is 0 Å². The van der Waals surface area contributed by atoms with Crippen LogP contribution in [0.15, 0.2) is 42.5 Å². The molecule has 0 N–H and O–H groups in total. The van der Waals surface area contributed by atoms with E-state index in [-0.39, 0.29) is 5.82 Å². The zero-order valence-electron chi connectivity index (χ0n) is 6.50. The Balaban J connectivity index is 2.30. The first-order valence-electron chi connectivity index (χ1n) is 3.84. The van der Waals surface area contributed by atoms with Crippen LogP contribution in [0.25, 0.3) is 5.57 Å². The summed E-state index contributed by atoms with van der Waals surface area (Å²) in [6.07, 6.45) is 7.96. The Labute approximate surface area is 71.0 Å². The molecule has 1 radical (unpaired) electrons. The Bertz CT molecular complexity index is 331. The van der Waals surface area contributed by atoms with Gasteiger partial charge in [0.2, 0.25) is 0 Å². The number of hydrogen-bond acceptors (Lipinski definition) is 0. The molecule has 0 heterocycles. The normalized spacial score (nSPS) is 14.9. The standard InChI is InChI=1S/C11H8F/c12-11-7-5-10(6-8-11)9-3-1-2-4-9/h1-8H. The van der Waals surface area contributed by atoms with Crippen molar-refractivity contribution in [1.29, 1.82) is 0 Å². The zero-order valence-corrected chi connectivity index (χ0v) is 6.50. The Morgan fingerprint density at radius 2 is 1.67 bits per heavy atom. The number of rotatable bonds is 1. The molecule has 1 aliphatic carbocycles. The molecule has 0 nitrogen and oxygen atoms in total. The van der Waals surface area contributed by atoms with Gasteiger partial charge >= 0.3 is 0 Å². The maximum absolute atomic E-state index is 12.5. The van der Waals surface area contributed by atoms with Gasteiger partial charge in [-0.15, -0.1) is 0 Å². The van der Waals surface area contributed by atoms with E-state index in [4.69, 9.17) is 0 Å². The van der Waals surface area contributed by atoms with E-state index < -0.39 is 0 Å². The van der Waals surface area contributed by atoms with Crippen molar-refractivity contribution in [2.45, 2.75) is 0 Å². The van der Waals surface area contributed by atoms with Gasteiger partial charge in [-0.3, -0.25) is 0 Å². The molecule has 0 unspecified atom stereocenters. The van der Waals surface area contributed by atoms with Crippen molar-refractivity contribution < 1.29 is 4.39 Å². The maximum atomic E-state index is 12.5. The molecule has 59 valence electrons. The molecule has 0 saturated heterocycles. The Hall–Kier alpha value is -1.37. The van der Waals surface area contributed by atoms with E-state index >= 15 is 0 Å². The second-order valence-corrected chi connectivity index (χ2v) is 2.68. The highest BCUT2D eigenvalue weighted by molar-refractivity contribution is 5.77. The highest BCUT2D eigenvalue weighted by Crippen LogP contribution is 2.21. The average Bonchev–Trinajstić information content (AvgIpc) is 2.58. The first-order valence-corrected chi connectivity index (χ1v) is 3.84. The van der Waals surface area contributed by atoms with Gasteiger partial charge in [-0.25, -0.2) is 4.39 Å². The SMILES string of the molecule is Fc1ccc(C2=CC=C[CH]2)cc1. The third kappa shape index (κ3) is 1.30. The lowest BCUT2D eigenvalue weighted by atomic mass is 10.1. The van der Waals surface area contributed by atoms with Crippen LogP contribution in [-0.4, -0.2) is 0 Å². The molecular formula is C11H8F. The molecule has 0 fully saturated rings. The Morgan fingerprint density at radius 3 is 2.25 bits per heavy atom. The molecule has 0 atom stereocenters. The highest BCUT2D eigenvalue weighted by Gasteiger charge is 2.02. The van der Waals surface area contributed by atoms with Gasteiger partial charge in [0.05, 0.1) is 0 Å². The fourth-order valence-electron chi connectivity index (χ4n) is 1.21. The van der Waals surface area contributed by atoms with Gasteiger partial charge in [0.25, 0.3) is 0 Å². The van der Waals surface area contributed by atoms with Gasteiger partial charge < -0.3 is 0 Å². The maximum Gasteiger partial charge on any atom is 0.123 e. The van der Waals surface area contributed by atoms with Crippen LogP contribution in [-0.2, 0) is 0 Å². The molecule has 1 heteroatoms. The lowest BCUT2D eigenvalue weighted by molar-refractivity contribution is 0.627. The van der Waals surface area contributed by atoms with Crippen molar-refractivity contribution in [3.05, 3.63) is 60.3 Å². The van der Waals surface area contributed by atoms with E-state index in [0.29, 0.717) is 0 Å². The van der Waals surface area contributed by atoms with Crippen LogP contribution >= 0.6 is 0 Å². The van der Waals surface area contributed by atoms with E-state index in [1.54, 1.807) is 12.1 Å². The fraction of sp³-hybridized carbons (Fsp3) is 0. The molecule has 0 aromatic heterocycles. The second kappa shape index (κ2) is 2.94. The van der Waals surface area contributed by atoms with Gasteiger partial charge in [-0.2, -0.15) is 0 Å². The first kappa shape index (κ1) is 7.29. The summed E-state index contributed by atoms with van der Waals surface area (Å²) in [6.45, 7) is 0. The minimum Gasteiger partial charge on any atom is -0.207 e. The summed E-state index contributed by atoms with van der Waals surface area (Å²) < 4.78 is 12.5. The quantitative estimate of drug-likeness (QED) is 0.591. The van der Waals surface area contributed by atoms with E-state index in [9.17, 15) is 4.39 Å². The third-order valence-corrected chi connectivity index (χ3v) is 1.84. The van der Waals surface area contributed by atoms with Crippen molar-refractivity contribution in [2.24, 2.45) is 0 Å². The predicted octanol–water partition coefficient (Wildman–Crippen LogP) is 2.98. The lowest BCUT2D eigenvalue weighted by Gasteiger charge is -1.99. The minimum absolute atomic E-state index is 0.190. The molecule has 12 heavy (non-hydrogen) atoms. The van der Waals surface area contributed by atoms with Gasteiger partial charge in [-0.1, -0.05) is 30.4 Å². The summed E-state index contributed by atoms with van der Waals surface area (Å²) in [7, 11) is 0. The number of halogens is 1. The van der Waals surface area contributed by atoms with Crippen molar-refractivity contribution in [2.75, 3.05) is 0 Å². The molecule has 2 rings (SSSR count). The van der Waals surface area contributed by atoms with Crippen molar-refractivity contribution >= 4 is 5.57 Å². The molecule has 1 aromatic rings. The molecule has 1 aliphatic rings. The van der Waals surface area contributed by atoms with E-state index in [1.165, 1.54) is 12.1 Å². The third-order valence-electron chi connectivity index (χ3n) is 1.84. The molecule has 0 bridgehead atoms. The van der Waals surface area contributed by atoms with E-state index in [2.05, 4.69) is 0 Å². The molecule has 0 saturated carbocycles. The number of allylic oxidation sites excluding steroid dienone is 4. The van der Waals surface area contributed by atoms with Crippen LogP contribution in [0.5, 0.6) is 0 Å². The Kier molecular flexibility index (Phi) is 1.78. The zero-order chi connectivity index (χ0) is 8.39. The number of hydrogen-bond donors (Lipinski definition) is 0. The predicted molar refractivity (Wildman–Crippen MR) is 47.8 cm³/mol. The monoisotopic (exact) mass is 159 g/mol. The van der Waals surface area contributed by atoms with Gasteiger partial charge in [-0.05, 0) is 23.3 Å². The summed E-state index contributed by atoms with van der Waals surface area (Å²) in [5.41, 5.74) is 2.19. The fourth-order valence-corrected chi connectivity index (χ4v) is 1.21. The van der Waals surface area contributed by atoms with Crippen molar-refractivity contribution in [3.63, 3.8) is 0 Å². The second-order valence-electron chi connectivity index (χ2n) is 2.68. The minimum atomic E-state index is -0.190. The summed E-state index contributed by atoms with van der Waals surface area (Å²) in [4.78, 5) is 0. The van der Waals surface area contributed by atoms with Crippen molar-refractivity contribution in [3.8, 4) is 0 Å². The molecule has 0 spiro atoms. The summed E-state index contributed by atoms with van der Waals surface area (Å²) in [5, 5.41) is 0. The molecule has 0 aliphatic heterocycles. The largest absolute Gasteiger partial charge is 0.207 e.